The number of benzene rings is 1. The van der Waals surface area contributed by atoms with Gasteiger partial charge in [0.2, 0.25) is 0 Å². The third-order valence-corrected chi connectivity index (χ3v) is 10.4. The van der Waals surface area contributed by atoms with Crippen LogP contribution in [0.5, 0.6) is 11.5 Å². The lowest BCUT2D eigenvalue weighted by Gasteiger charge is -2.34. The van der Waals surface area contributed by atoms with Gasteiger partial charge in [-0.25, -0.2) is 4.98 Å². The van der Waals surface area contributed by atoms with E-state index in [2.05, 4.69) is 40.9 Å². The van der Waals surface area contributed by atoms with Gasteiger partial charge < -0.3 is 45.7 Å². The Morgan fingerprint density at radius 3 is 2.65 bits per heavy atom. The SMILES string of the molecule is CC[C@@H]1C#C[C@@H]2C=C[C@@H](c3ccc(O)c(O[C@H](C[C@H](Cc4ccc[n-]4)c4ccnc(N)c4)[C@H](O)CCO)c3)C[C@@H](O)[C@H]2[C@@H](OCCO)CCCC1. The number of phenolic OH excluding ortho intramolecular Hbond substituents is 1. The first kappa shape index (κ1) is 38.4. The zero-order valence-corrected chi connectivity index (χ0v) is 29.6. The van der Waals surface area contributed by atoms with Crippen LogP contribution < -0.4 is 15.5 Å². The van der Waals surface area contributed by atoms with Crippen LogP contribution in [0.25, 0.3) is 0 Å². The summed E-state index contributed by atoms with van der Waals surface area (Å²) in [5.41, 5.74) is 8.68. The molecule has 51 heavy (non-hydrogen) atoms. The molecule has 9 atom stereocenters. The maximum Gasteiger partial charge on any atom is 0.161 e. The van der Waals surface area contributed by atoms with Crippen molar-refractivity contribution in [3.8, 4) is 23.3 Å². The van der Waals surface area contributed by atoms with E-state index >= 15 is 0 Å². The summed E-state index contributed by atoms with van der Waals surface area (Å²) in [6.45, 7) is 2.05. The normalized spacial score (nSPS) is 25.4. The van der Waals surface area contributed by atoms with Crippen LogP contribution in [0.3, 0.4) is 0 Å². The monoisotopic (exact) mass is 700 g/mol. The molecule has 10 heteroatoms. The topological polar surface area (TPSA) is 173 Å². The van der Waals surface area contributed by atoms with E-state index in [0.717, 1.165) is 48.9 Å². The van der Waals surface area contributed by atoms with Crippen molar-refractivity contribution >= 4 is 5.82 Å². The Balaban J connectivity index is 1.43. The van der Waals surface area contributed by atoms with Crippen LogP contribution in [0.2, 0.25) is 0 Å². The molecule has 0 aliphatic heterocycles. The number of anilines is 1. The van der Waals surface area contributed by atoms with Gasteiger partial charge in [-0.2, -0.15) is 11.9 Å². The molecule has 2 heterocycles. The summed E-state index contributed by atoms with van der Waals surface area (Å²) in [5, 5.41) is 53.4. The van der Waals surface area contributed by atoms with Gasteiger partial charge in [-0.05, 0) is 79.8 Å². The molecule has 0 unspecified atom stereocenters. The summed E-state index contributed by atoms with van der Waals surface area (Å²) < 4.78 is 12.6. The molecule has 5 rings (SSSR count). The Hall–Kier alpha value is -3.85. The van der Waals surface area contributed by atoms with E-state index in [0.29, 0.717) is 31.0 Å². The highest BCUT2D eigenvalue weighted by Gasteiger charge is 2.38. The van der Waals surface area contributed by atoms with E-state index in [-0.39, 0.29) is 67.5 Å². The number of nitrogens with zero attached hydrogens (tertiary/aromatic N) is 2. The number of rotatable bonds is 15. The van der Waals surface area contributed by atoms with Gasteiger partial charge in [-0.3, -0.25) is 0 Å². The van der Waals surface area contributed by atoms with Gasteiger partial charge in [0.25, 0.3) is 0 Å². The molecule has 1 aromatic carbocycles. The van der Waals surface area contributed by atoms with Crippen LogP contribution in [0.1, 0.15) is 86.9 Å². The van der Waals surface area contributed by atoms with Crippen LogP contribution in [-0.2, 0) is 11.2 Å². The lowest BCUT2D eigenvalue weighted by atomic mass is 9.79. The maximum absolute atomic E-state index is 11.8. The number of nitrogen functional groups attached to an aromatic ring is 1. The summed E-state index contributed by atoms with van der Waals surface area (Å²) in [7, 11) is 0. The number of aromatic hydroxyl groups is 1. The van der Waals surface area contributed by atoms with Gasteiger partial charge >= 0.3 is 0 Å². The number of hydrogen-bond acceptors (Lipinski definition) is 9. The van der Waals surface area contributed by atoms with E-state index < -0.39 is 18.3 Å². The Morgan fingerprint density at radius 1 is 1.06 bits per heavy atom. The summed E-state index contributed by atoms with van der Waals surface area (Å²) in [4.78, 5) is 8.60. The third-order valence-electron chi connectivity index (χ3n) is 10.4. The van der Waals surface area contributed by atoms with Gasteiger partial charge in [0.1, 0.15) is 11.9 Å². The van der Waals surface area contributed by atoms with E-state index in [1.54, 1.807) is 24.5 Å². The van der Waals surface area contributed by atoms with Crippen LogP contribution in [0.4, 0.5) is 5.82 Å². The second-order valence-electron chi connectivity index (χ2n) is 14.0. The van der Waals surface area contributed by atoms with Crippen LogP contribution in [0.15, 0.2) is 67.0 Å². The van der Waals surface area contributed by atoms with E-state index in [4.69, 9.17) is 15.2 Å². The predicted octanol–water partition coefficient (Wildman–Crippen LogP) is 4.85. The number of aromatic nitrogens is 2. The number of fused-ring (bicyclic) bond motifs is 1. The molecule has 0 amide bonds. The molecular formula is C41H54N3O7-. The summed E-state index contributed by atoms with van der Waals surface area (Å²) in [6.07, 6.45) is 11.0. The van der Waals surface area contributed by atoms with Crippen molar-refractivity contribution in [2.24, 2.45) is 17.8 Å². The lowest BCUT2D eigenvalue weighted by molar-refractivity contribution is -0.0602. The number of nitrogens with two attached hydrogens (primary N) is 1. The smallest absolute Gasteiger partial charge is 0.161 e. The standard InChI is InChI=1S/C41H54N3O7/c1-2-27-6-3-4-8-37(50-21-20-46)41-28(10-9-27)11-12-29(23-36(41)49)30-13-14-34(47)38(24-30)51-39(35(48)16-19-45)25-32(22-33-7-5-17-43-33)31-15-18-44-40(42)26-31/h5,7,11-15,17-18,24,26-29,32,35-37,39,41,45-49H,2-4,6,8,16,19-23,25H2,1H3,(H2,42,44)/q-1/t27-,28+,29+,32-,35+,36+,37-,39+,41-/m0/s1. The Labute approximate surface area is 301 Å². The maximum atomic E-state index is 11.8. The summed E-state index contributed by atoms with van der Waals surface area (Å²) in [5.74, 6) is 6.96. The van der Waals surface area contributed by atoms with Crippen LogP contribution in [0, 0.1) is 29.6 Å². The van der Waals surface area contributed by atoms with Gasteiger partial charge in [-0.1, -0.05) is 62.0 Å². The third kappa shape index (κ3) is 10.6. The van der Waals surface area contributed by atoms with Crippen molar-refractivity contribution in [1.82, 2.24) is 9.97 Å². The van der Waals surface area contributed by atoms with Gasteiger partial charge in [0.05, 0.1) is 31.5 Å². The first-order valence-corrected chi connectivity index (χ1v) is 18.5. The molecule has 7 N–H and O–H groups in total. The second kappa shape index (κ2) is 19.1. The fraction of sp³-hybridized carbons (Fsp3) is 0.537. The molecule has 0 saturated carbocycles. The number of phenols is 1. The van der Waals surface area contributed by atoms with Gasteiger partial charge in [-0.15, -0.1) is 0 Å². The Bertz CT molecular complexity index is 1590. The fourth-order valence-electron chi connectivity index (χ4n) is 7.57. The minimum atomic E-state index is -1.03. The van der Waals surface area contributed by atoms with E-state index in [9.17, 15) is 25.5 Å². The Morgan fingerprint density at radius 2 is 1.90 bits per heavy atom. The summed E-state index contributed by atoms with van der Waals surface area (Å²) in [6, 6.07) is 12.7. The molecule has 3 aromatic rings. The molecule has 2 aliphatic rings. The number of ether oxygens (including phenoxy) is 2. The molecule has 2 aromatic heterocycles. The molecule has 10 nitrogen and oxygen atoms in total. The van der Waals surface area contributed by atoms with Crippen molar-refractivity contribution < 1.29 is 35.0 Å². The quantitative estimate of drug-likeness (QED) is 0.0951. The predicted molar refractivity (Wildman–Crippen MR) is 196 cm³/mol. The highest BCUT2D eigenvalue weighted by Crippen LogP contribution is 2.40. The number of hydrogen-bond donors (Lipinski definition) is 6. The van der Waals surface area contributed by atoms with Crippen molar-refractivity contribution in [1.29, 1.82) is 0 Å². The second-order valence-corrected chi connectivity index (χ2v) is 14.0. The minimum Gasteiger partial charge on any atom is -0.668 e. The zero-order chi connectivity index (χ0) is 36.2. The largest absolute Gasteiger partial charge is 0.668 e. The number of pyridine rings is 1. The molecule has 0 spiro atoms. The van der Waals surface area contributed by atoms with Crippen molar-refractivity contribution in [3.63, 3.8) is 0 Å². The molecule has 276 valence electrons. The van der Waals surface area contributed by atoms with Gasteiger partial charge in [0.15, 0.2) is 11.5 Å². The number of allylic oxidation sites excluding steroid dienone is 2. The Kier molecular flexibility index (Phi) is 14.4. The van der Waals surface area contributed by atoms with Crippen molar-refractivity contribution in [3.05, 3.63) is 83.8 Å². The highest BCUT2D eigenvalue weighted by molar-refractivity contribution is 5.44. The molecule has 0 fully saturated rings. The summed E-state index contributed by atoms with van der Waals surface area (Å²) >= 11 is 0. The van der Waals surface area contributed by atoms with E-state index in [1.807, 2.05) is 30.3 Å². The number of aliphatic hydroxyl groups excluding tert-OH is 4. The van der Waals surface area contributed by atoms with E-state index in [1.165, 1.54) is 0 Å². The average molecular weight is 701 g/mol. The first-order chi connectivity index (χ1) is 24.8. The fourth-order valence-corrected chi connectivity index (χ4v) is 7.57. The molecular weight excluding hydrogens is 646 g/mol. The lowest BCUT2D eigenvalue weighted by Crippen LogP contribution is -2.39. The highest BCUT2D eigenvalue weighted by atomic mass is 16.5. The van der Waals surface area contributed by atoms with Crippen LogP contribution >= 0.6 is 0 Å². The molecule has 0 bridgehead atoms. The molecule has 0 saturated heterocycles. The molecule has 2 aliphatic carbocycles. The zero-order valence-electron chi connectivity index (χ0n) is 29.6. The van der Waals surface area contributed by atoms with Crippen molar-refractivity contribution in [2.45, 2.75) is 101 Å². The van der Waals surface area contributed by atoms with Gasteiger partial charge in [0, 0.05) is 42.9 Å². The molecule has 0 radical (unpaired) electrons. The van der Waals surface area contributed by atoms with Crippen LogP contribution in [-0.4, -0.2) is 74.8 Å². The van der Waals surface area contributed by atoms with Crippen molar-refractivity contribution in [2.75, 3.05) is 25.6 Å². The average Bonchev–Trinajstić information content (AvgIpc) is 3.58. The first-order valence-electron chi connectivity index (χ1n) is 18.5. The number of aliphatic hydroxyl groups is 4. The minimum absolute atomic E-state index is 0.0800.